The molecule has 100 valence electrons. The monoisotopic (exact) mass is 273 g/mol. The Labute approximate surface area is 113 Å². The molecule has 0 aliphatic heterocycles. The molecule has 0 saturated carbocycles. The van der Waals surface area contributed by atoms with Gasteiger partial charge >= 0.3 is 6.03 Å². The van der Waals surface area contributed by atoms with Crippen molar-refractivity contribution in [3.8, 4) is 6.07 Å². The predicted octanol–water partition coefficient (Wildman–Crippen LogP) is 3.48. The van der Waals surface area contributed by atoms with E-state index in [2.05, 4.69) is 10.6 Å². The number of halogens is 2. The van der Waals surface area contributed by atoms with Gasteiger partial charge in [-0.05, 0) is 36.4 Å². The first-order valence-corrected chi connectivity index (χ1v) is 5.62. The van der Waals surface area contributed by atoms with Crippen LogP contribution in [0.5, 0.6) is 0 Å². The topological polar surface area (TPSA) is 64.9 Å². The summed E-state index contributed by atoms with van der Waals surface area (Å²) < 4.78 is 25.9. The molecule has 20 heavy (non-hydrogen) atoms. The minimum absolute atomic E-state index is 0.000563. The lowest BCUT2D eigenvalue weighted by molar-refractivity contribution is 0.262. The van der Waals surface area contributed by atoms with Gasteiger partial charge in [-0.1, -0.05) is 6.07 Å². The lowest BCUT2D eigenvalue weighted by atomic mass is 10.2. The van der Waals surface area contributed by atoms with Gasteiger partial charge in [0.25, 0.3) is 0 Å². The van der Waals surface area contributed by atoms with E-state index >= 15 is 0 Å². The third kappa shape index (κ3) is 3.29. The molecule has 0 aliphatic rings. The quantitative estimate of drug-likeness (QED) is 0.879. The first kappa shape index (κ1) is 13.5. The summed E-state index contributed by atoms with van der Waals surface area (Å²) in [5.41, 5.74) is 0.435. The van der Waals surface area contributed by atoms with Crippen molar-refractivity contribution in [3.63, 3.8) is 0 Å². The smallest absolute Gasteiger partial charge is 0.308 e. The molecule has 2 rings (SSSR count). The summed E-state index contributed by atoms with van der Waals surface area (Å²) in [6.45, 7) is 0. The normalized spacial score (nSPS) is 9.65. The van der Waals surface area contributed by atoms with E-state index in [0.717, 1.165) is 18.2 Å². The van der Waals surface area contributed by atoms with Crippen molar-refractivity contribution in [2.75, 3.05) is 10.6 Å². The number of hydrogen-bond acceptors (Lipinski definition) is 2. The summed E-state index contributed by atoms with van der Waals surface area (Å²) in [5, 5.41) is 13.6. The number of nitrogens with zero attached hydrogens (tertiary/aromatic N) is 1. The van der Waals surface area contributed by atoms with Gasteiger partial charge in [-0.15, -0.1) is 0 Å². The van der Waals surface area contributed by atoms with Crippen LogP contribution in [0, 0.1) is 23.0 Å². The lowest BCUT2D eigenvalue weighted by Crippen LogP contribution is -2.20. The van der Waals surface area contributed by atoms with Gasteiger partial charge in [0.15, 0.2) is 0 Å². The van der Waals surface area contributed by atoms with Crippen LogP contribution in [0.25, 0.3) is 0 Å². The van der Waals surface area contributed by atoms with Crippen LogP contribution in [-0.4, -0.2) is 6.03 Å². The Morgan fingerprint density at radius 2 is 1.80 bits per heavy atom. The van der Waals surface area contributed by atoms with Crippen LogP contribution in [0.2, 0.25) is 0 Å². The van der Waals surface area contributed by atoms with Crippen LogP contribution < -0.4 is 10.6 Å². The maximum absolute atomic E-state index is 13.0. The Bertz CT molecular complexity index is 695. The number of nitriles is 1. The van der Waals surface area contributed by atoms with Gasteiger partial charge in [0.1, 0.15) is 17.7 Å². The Balaban J connectivity index is 2.11. The minimum atomic E-state index is -0.654. The molecule has 0 aromatic heterocycles. The average Bonchev–Trinajstić information content (AvgIpc) is 2.40. The number of benzene rings is 2. The molecule has 0 atom stereocenters. The molecule has 0 bridgehead atoms. The molecule has 2 aromatic rings. The highest BCUT2D eigenvalue weighted by Gasteiger charge is 2.08. The maximum atomic E-state index is 13.0. The second kappa shape index (κ2) is 5.80. The highest BCUT2D eigenvalue weighted by molar-refractivity contribution is 6.00. The van der Waals surface area contributed by atoms with E-state index in [-0.39, 0.29) is 16.9 Å². The molecule has 0 fully saturated rings. The zero-order valence-electron chi connectivity index (χ0n) is 10.2. The zero-order valence-corrected chi connectivity index (χ0v) is 10.2. The summed E-state index contributed by atoms with van der Waals surface area (Å²) in [4.78, 5) is 11.7. The molecule has 0 aliphatic carbocycles. The van der Waals surface area contributed by atoms with Crippen molar-refractivity contribution in [1.29, 1.82) is 5.26 Å². The molecule has 6 heteroatoms. The van der Waals surface area contributed by atoms with Crippen LogP contribution in [0.15, 0.2) is 42.5 Å². The van der Waals surface area contributed by atoms with E-state index in [9.17, 15) is 13.6 Å². The largest absolute Gasteiger partial charge is 0.323 e. The fraction of sp³-hybridized carbons (Fsp3) is 0. The SMILES string of the molecule is N#Cc1cc(F)ccc1NC(=O)Nc1cccc(F)c1. The van der Waals surface area contributed by atoms with Gasteiger partial charge < -0.3 is 10.6 Å². The molecule has 2 N–H and O–H groups in total. The summed E-state index contributed by atoms with van der Waals surface area (Å²) in [5.74, 6) is -1.06. The second-order valence-electron chi connectivity index (χ2n) is 3.89. The van der Waals surface area contributed by atoms with Gasteiger partial charge in [-0.2, -0.15) is 5.26 Å². The molecular weight excluding hydrogens is 264 g/mol. The molecule has 0 spiro atoms. The van der Waals surface area contributed by atoms with Gasteiger partial charge in [0.05, 0.1) is 11.3 Å². The van der Waals surface area contributed by atoms with Crippen molar-refractivity contribution in [3.05, 3.63) is 59.7 Å². The Morgan fingerprint density at radius 1 is 1.05 bits per heavy atom. The van der Waals surface area contributed by atoms with Crippen LogP contribution in [0.1, 0.15) is 5.56 Å². The van der Waals surface area contributed by atoms with Crippen molar-refractivity contribution < 1.29 is 13.6 Å². The van der Waals surface area contributed by atoms with Gasteiger partial charge in [-0.25, -0.2) is 13.6 Å². The minimum Gasteiger partial charge on any atom is -0.308 e. The summed E-state index contributed by atoms with van der Waals surface area (Å²) in [6, 6.07) is 9.89. The Morgan fingerprint density at radius 3 is 2.50 bits per heavy atom. The second-order valence-corrected chi connectivity index (χ2v) is 3.89. The van der Waals surface area contributed by atoms with E-state index < -0.39 is 17.7 Å². The number of nitrogens with one attached hydrogen (secondary N) is 2. The molecule has 4 nitrogen and oxygen atoms in total. The number of carbonyl (C=O) groups is 1. The Hall–Kier alpha value is -2.94. The summed E-state index contributed by atoms with van der Waals surface area (Å²) in [6.07, 6.45) is 0. The standard InChI is InChI=1S/C14H9F2N3O/c15-10-2-1-3-12(7-10)18-14(20)19-13-5-4-11(16)6-9(13)8-17/h1-7H,(H2,18,19,20). The highest BCUT2D eigenvalue weighted by atomic mass is 19.1. The van der Waals surface area contributed by atoms with Gasteiger partial charge in [0, 0.05) is 5.69 Å². The zero-order chi connectivity index (χ0) is 14.5. The van der Waals surface area contributed by atoms with Gasteiger partial charge in [-0.3, -0.25) is 0 Å². The van der Waals surface area contributed by atoms with Crippen LogP contribution in [0.3, 0.4) is 0 Å². The summed E-state index contributed by atoms with van der Waals surface area (Å²) in [7, 11) is 0. The fourth-order valence-electron chi connectivity index (χ4n) is 1.57. The Kier molecular flexibility index (Phi) is 3.91. The first-order valence-electron chi connectivity index (χ1n) is 5.62. The van der Waals surface area contributed by atoms with Crippen LogP contribution in [0.4, 0.5) is 25.0 Å². The average molecular weight is 273 g/mol. The number of hydrogen-bond donors (Lipinski definition) is 2. The van der Waals surface area contributed by atoms with E-state index in [0.29, 0.717) is 0 Å². The predicted molar refractivity (Wildman–Crippen MR) is 70.2 cm³/mol. The van der Waals surface area contributed by atoms with Crippen LogP contribution in [-0.2, 0) is 0 Å². The molecule has 0 saturated heterocycles. The molecular formula is C14H9F2N3O. The number of urea groups is 1. The molecule has 0 unspecified atom stereocenters. The molecule has 2 aromatic carbocycles. The highest BCUT2D eigenvalue weighted by Crippen LogP contribution is 2.16. The lowest BCUT2D eigenvalue weighted by Gasteiger charge is -2.09. The van der Waals surface area contributed by atoms with E-state index in [1.165, 1.54) is 24.3 Å². The number of carbonyl (C=O) groups excluding carboxylic acids is 1. The van der Waals surface area contributed by atoms with E-state index in [1.54, 1.807) is 6.07 Å². The van der Waals surface area contributed by atoms with E-state index in [4.69, 9.17) is 5.26 Å². The van der Waals surface area contributed by atoms with E-state index in [1.807, 2.05) is 0 Å². The van der Waals surface area contributed by atoms with Crippen LogP contribution >= 0.6 is 0 Å². The number of rotatable bonds is 2. The molecule has 0 radical (unpaired) electrons. The molecule has 0 heterocycles. The van der Waals surface area contributed by atoms with Crippen molar-refractivity contribution in [2.24, 2.45) is 0 Å². The molecule has 2 amide bonds. The van der Waals surface area contributed by atoms with Gasteiger partial charge in [0.2, 0.25) is 0 Å². The summed E-state index contributed by atoms with van der Waals surface area (Å²) >= 11 is 0. The maximum Gasteiger partial charge on any atom is 0.323 e. The fourth-order valence-corrected chi connectivity index (χ4v) is 1.57. The third-order valence-electron chi connectivity index (χ3n) is 2.43. The number of anilines is 2. The number of amides is 2. The first-order chi connectivity index (χ1) is 9.58. The van der Waals surface area contributed by atoms with Crippen molar-refractivity contribution >= 4 is 17.4 Å². The van der Waals surface area contributed by atoms with Crippen molar-refractivity contribution in [1.82, 2.24) is 0 Å². The third-order valence-corrected chi connectivity index (χ3v) is 2.43. The van der Waals surface area contributed by atoms with Crippen molar-refractivity contribution in [2.45, 2.75) is 0 Å².